The average molecular weight is 437 g/mol. The molecule has 1 aliphatic carbocycles. The van der Waals surface area contributed by atoms with Crippen LogP contribution in [0.25, 0.3) is 22.4 Å². The van der Waals surface area contributed by atoms with Crippen LogP contribution in [0, 0.1) is 6.92 Å². The van der Waals surface area contributed by atoms with Gasteiger partial charge in [0.2, 0.25) is 5.91 Å². The topological polar surface area (TPSA) is 75.0 Å². The molecule has 7 heteroatoms. The first kappa shape index (κ1) is 20.3. The lowest BCUT2D eigenvalue weighted by molar-refractivity contribution is 0.100. The molecular weight excluding hydrogens is 416 g/mol. The molecule has 0 aliphatic heterocycles. The molecule has 1 aliphatic rings. The first-order valence-corrected chi connectivity index (χ1v) is 10.6. The van der Waals surface area contributed by atoms with Crippen molar-refractivity contribution in [3.05, 3.63) is 82.6 Å². The summed E-state index contributed by atoms with van der Waals surface area (Å²) in [5.74, 6) is 0.308. The van der Waals surface area contributed by atoms with Gasteiger partial charge in [-0.25, -0.2) is 4.98 Å². The van der Waals surface area contributed by atoms with Gasteiger partial charge in [0.05, 0.1) is 11.0 Å². The van der Waals surface area contributed by atoms with E-state index < -0.39 is 5.91 Å². The van der Waals surface area contributed by atoms with E-state index in [2.05, 4.69) is 46.5 Å². The Morgan fingerprint density at radius 3 is 2.83 bits per heavy atom. The van der Waals surface area contributed by atoms with Crippen LogP contribution in [-0.2, 0) is 0 Å². The number of allylic oxidation sites excluding steroid dienone is 5. The number of rotatable bonds is 5. The highest BCUT2D eigenvalue weighted by atomic mass is 35.5. The summed E-state index contributed by atoms with van der Waals surface area (Å²) in [7, 11) is 2.06. The fourth-order valence-corrected chi connectivity index (χ4v) is 4.26. The number of aromatic amines is 1. The summed E-state index contributed by atoms with van der Waals surface area (Å²) in [6.07, 6.45) is 8.78. The molecule has 5 nitrogen and oxygen atoms in total. The number of imidazole rings is 1. The molecule has 1 heterocycles. The highest BCUT2D eigenvalue weighted by Crippen LogP contribution is 2.32. The number of primary amides is 1. The summed E-state index contributed by atoms with van der Waals surface area (Å²) in [6, 6.07) is 11.5. The Hall–Kier alpha value is -2.96. The van der Waals surface area contributed by atoms with Crippen molar-refractivity contribution in [1.29, 1.82) is 0 Å². The number of nitrogens with one attached hydrogen (secondary N) is 1. The molecule has 0 atom stereocenters. The van der Waals surface area contributed by atoms with Crippen molar-refractivity contribution < 1.29 is 4.79 Å². The highest BCUT2D eigenvalue weighted by Gasteiger charge is 2.12. The molecule has 0 bridgehead atoms. The summed E-state index contributed by atoms with van der Waals surface area (Å²) < 4.78 is 2.16. The van der Waals surface area contributed by atoms with Crippen LogP contribution in [0.5, 0.6) is 0 Å². The van der Waals surface area contributed by atoms with Gasteiger partial charge in [0.1, 0.15) is 5.82 Å². The van der Waals surface area contributed by atoms with Gasteiger partial charge in [0.15, 0.2) is 0 Å². The van der Waals surface area contributed by atoms with E-state index in [1.165, 1.54) is 5.70 Å². The van der Waals surface area contributed by atoms with Gasteiger partial charge in [-0.1, -0.05) is 23.7 Å². The molecule has 0 radical (unpaired) electrons. The standard InChI is InChI=1S/C23H21ClN4OS/c1-14-12-16(23-26-19-10-6-15(22(25)29)13-20(19)27-23)7-11-21(14)30-28(2)18-5-3-4-17(24)8-9-18/h3-4,6-13H,5H2,1-2H3,(H2,25,29)(H,26,27). The molecular formula is C23H21ClN4OS. The van der Waals surface area contributed by atoms with E-state index in [0.29, 0.717) is 5.56 Å². The number of H-pyrrole nitrogens is 1. The average Bonchev–Trinajstić information content (AvgIpc) is 3.03. The Kier molecular flexibility index (Phi) is 5.70. The largest absolute Gasteiger partial charge is 0.366 e. The molecule has 0 fully saturated rings. The molecule has 3 aromatic rings. The number of nitrogens with two attached hydrogens (primary N) is 1. The molecule has 0 spiro atoms. The third-order valence-corrected chi connectivity index (χ3v) is 6.31. The number of aryl methyl sites for hydroxylation is 1. The Morgan fingerprint density at radius 2 is 2.07 bits per heavy atom. The number of carbonyl (C=O) groups excluding carboxylic acids is 1. The molecule has 1 amide bonds. The van der Waals surface area contributed by atoms with Crippen LogP contribution in [0.1, 0.15) is 22.3 Å². The lowest BCUT2D eigenvalue weighted by Crippen LogP contribution is -2.10. The lowest BCUT2D eigenvalue weighted by Gasteiger charge is -2.21. The van der Waals surface area contributed by atoms with Gasteiger partial charge >= 0.3 is 0 Å². The monoisotopic (exact) mass is 436 g/mol. The van der Waals surface area contributed by atoms with Crippen LogP contribution >= 0.6 is 23.5 Å². The number of hydrogen-bond acceptors (Lipinski definition) is 4. The van der Waals surface area contributed by atoms with Crippen LogP contribution in [0.15, 0.2) is 76.3 Å². The van der Waals surface area contributed by atoms with Crippen LogP contribution in [0.3, 0.4) is 0 Å². The van der Waals surface area contributed by atoms with Crippen LogP contribution in [-0.4, -0.2) is 27.2 Å². The summed E-state index contributed by atoms with van der Waals surface area (Å²) in [5.41, 5.74) is 10.7. The van der Waals surface area contributed by atoms with Gasteiger partial charge in [-0.2, -0.15) is 0 Å². The van der Waals surface area contributed by atoms with E-state index in [0.717, 1.165) is 44.3 Å². The van der Waals surface area contributed by atoms with Crippen LogP contribution < -0.4 is 5.73 Å². The number of nitrogens with zero attached hydrogens (tertiary/aromatic N) is 2. The Balaban J connectivity index is 1.57. The number of aromatic nitrogens is 2. The van der Waals surface area contributed by atoms with Gasteiger partial charge in [-0.05, 0) is 73.0 Å². The fourth-order valence-electron chi connectivity index (χ4n) is 3.23. The van der Waals surface area contributed by atoms with E-state index in [1.807, 2.05) is 24.3 Å². The number of carbonyl (C=O) groups is 1. The highest BCUT2D eigenvalue weighted by molar-refractivity contribution is 7.97. The Bertz CT molecular complexity index is 1230. The smallest absolute Gasteiger partial charge is 0.248 e. The second kappa shape index (κ2) is 8.42. The fraction of sp³-hybridized carbons (Fsp3) is 0.130. The SMILES string of the molecule is Cc1cc(-c2nc3ccc(C(N)=O)cc3[nH]2)ccc1SN(C)C1=CC=C(Cl)C=CC1. The summed E-state index contributed by atoms with van der Waals surface area (Å²) in [6.45, 7) is 2.09. The molecule has 152 valence electrons. The second-order valence-corrected chi connectivity index (χ2v) is 8.67. The number of fused-ring (bicyclic) bond motifs is 1. The maximum absolute atomic E-state index is 11.4. The number of hydrogen-bond donors (Lipinski definition) is 2. The molecule has 0 saturated carbocycles. The van der Waals surface area contributed by atoms with E-state index in [4.69, 9.17) is 17.3 Å². The normalized spacial score (nSPS) is 13.7. The van der Waals surface area contributed by atoms with Crippen molar-refractivity contribution in [1.82, 2.24) is 14.3 Å². The van der Waals surface area contributed by atoms with Crippen molar-refractivity contribution >= 4 is 40.5 Å². The van der Waals surface area contributed by atoms with E-state index >= 15 is 0 Å². The molecule has 3 N–H and O–H groups in total. The molecule has 0 saturated heterocycles. The van der Waals surface area contributed by atoms with Crippen molar-refractivity contribution in [3.8, 4) is 11.4 Å². The summed E-state index contributed by atoms with van der Waals surface area (Å²) in [4.78, 5) is 20.5. The maximum atomic E-state index is 11.4. The Morgan fingerprint density at radius 1 is 1.23 bits per heavy atom. The van der Waals surface area contributed by atoms with Crippen LogP contribution in [0.4, 0.5) is 0 Å². The summed E-state index contributed by atoms with van der Waals surface area (Å²) in [5, 5.41) is 0.734. The van der Waals surface area contributed by atoms with Gasteiger partial charge in [0.25, 0.3) is 0 Å². The van der Waals surface area contributed by atoms with Gasteiger partial charge in [-0.15, -0.1) is 0 Å². The zero-order chi connectivity index (χ0) is 21.3. The van der Waals surface area contributed by atoms with Crippen molar-refractivity contribution in [2.75, 3.05) is 7.05 Å². The molecule has 4 rings (SSSR count). The third kappa shape index (κ3) is 4.30. The molecule has 2 aromatic carbocycles. The zero-order valence-electron chi connectivity index (χ0n) is 16.6. The van der Waals surface area contributed by atoms with Crippen molar-refractivity contribution in [2.24, 2.45) is 5.73 Å². The minimum atomic E-state index is -0.452. The van der Waals surface area contributed by atoms with E-state index in [1.54, 1.807) is 30.1 Å². The quantitative estimate of drug-likeness (QED) is 0.514. The van der Waals surface area contributed by atoms with E-state index in [9.17, 15) is 4.79 Å². The minimum absolute atomic E-state index is 0.452. The molecule has 1 aromatic heterocycles. The number of amides is 1. The molecule has 30 heavy (non-hydrogen) atoms. The van der Waals surface area contributed by atoms with E-state index in [-0.39, 0.29) is 0 Å². The molecule has 0 unspecified atom stereocenters. The van der Waals surface area contributed by atoms with Gasteiger partial charge in [0, 0.05) is 40.2 Å². The summed E-state index contributed by atoms with van der Waals surface area (Å²) >= 11 is 7.76. The second-order valence-electron chi connectivity index (χ2n) is 7.07. The van der Waals surface area contributed by atoms with Crippen LogP contribution in [0.2, 0.25) is 0 Å². The first-order valence-electron chi connectivity index (χ1n) is 9.46. The number of halogens is 1. The van der Waals surface area contributed by atoms with Crippen molar-refractivity contribution in [3.63, 3.8) is 0 Å². The predicted octanol–water partition coefficient (Wildman–Crippen LogP) is 5.54. The Labute approximate surface area is 184 Å². The first-order chi connectivity index (χ1) is 14.4. The van der Waals surface area contributed by atoms with Gasteiger partial charge < -0.3 is 15.0 Å². The lowest BCUT2D eigenvalue weighted by atomic mass is 10.1. The minimum Gasteiger partial charge on any atom is -0.366 e. The zero-order valence-corrected chi connectivity index (χ0v) is 18.2. The van der Waals surface area contributed by atoms with Gasteiger partial charge in [-0.3, -0.25) is 4.79 Å². The third-order valence-electron chi connectivity index (χ3n) is 4.89. The maximum Gasteiger partial charge on any atom is 0.248 e. The predicted molar refractivity (Wildman–Crippen MR) is 124 cm³/mol. The number of benzene rings is 2. The van der Waals surface area contributed by atoms with Crippen molar-refractivity contribution in [2.45, 2.75) is 18.2 Å².